The van der Waals surface area contributed by atoms with Crippen LogP contribution in [0.5, 0.6) is 0 Å². The first-order valence-corrected chi connectivity index (χ1v) is 8.64. The van der Waals surface area contributed by atoms with E-state index in [1.165, 1.54) is 0 Å². The van der Waals surface area contributed by atoms with Crippen LogP contribution in [0.4, 0.5) is 5.95 Å². The van der Waals surface area contributed by atoms with Crippen molar-refractivity contribution in [3.63, 3.8) is 0 Å². The Bertz CT molecular complexity index is 614. The molecule has 0 spiro atoms. The number of allylic oxidation sites excluding steroid dienone is 9. The van der Waals surface area contributed by atoms with Gasteiger partial charge in [0.2, 0.25) is 5.95 Å². The van der Waals surface area contributed by atoms with Gasteiger partial charge < -0.3 is 4.90 Å². The molecule has 1 aromatic heterocycles. The summed E-state index contributed by atoms with van der Waals surface area (Å²) in [5.74, 6) is 1.42. The van der Waals surface area contributed by atoms with Gasteiger partial charge in [0, 0.05) is 19.7 Å². The van der Waals surface area contributed by atoms with Crippen molar-refractivity contribution in [1.29, 1.82) is 0 Å². The molecule has 25 heavy (non-hydrogen) atoms. The van der Waals surface area contributed by atoms with Crippen LogP contribution in [0.25, 0.3) is 11.3 Å². The topological polar surface area (TPSA) is 34.0 Å². The minimum atomic E-state index is 0.698. The molecule has 0 saturated carbocycles. The highest BCUT2D eigenvalue weighted by Crippen LogP contribution is 2.24. The molecule has 0 atom stereocenters. The first-order valence-electron chi connectivity index (χ1n) is 8.64. The number of hydrogen-bond donors (Lipinski definition) is 0. The van der Waals surface area contributed by atoms with Gasteiger partial charge in [0.15, 0.2) is 5.82 Å². The molecule has 138 valence electrons. The van der Waals surface area contributed by atoms with Gasteiger partial charge in [0.05, 0.1) is 5.70 Å². The summed E-state index contributed by atoms with van der Waals surface area (Å²) in [5.41, 5.74) is 1.73. The molecular formula is C21H34N4. The maximum atomic E-state index is 4.28. The summed E-state index contributed by atoms with van der Waals surface area (Å²) in [6, 6.07) is 0. The lowest BCUT2D eigenvalue weighted by atomic mass is 10.2. The minimum Gasteiger partial charge on any atom is -0.347 e. The molecule has 0 bridgehead atoms. The third-order valence-corrected chi connectivity index (χ3v) is 2.75. The zero-order chi connectivity index (χ0) is 19.8. The SMILES string of the molecule is C=C/C=C(\C=C)c1nnc(N(C)C)n1/C(C=C)=C/C=C\C.CC.CC. The standard InChI is InChI=1S/C17H22N4.2C2H6/c1-7-11-13-15(10-4)21-16(14(9-3)12-8-2)18-19-17(21)20(5)6;2*1-2/h7-13H,2-4H2,1,5-6H3;2*1-2H3/b11-7-,14-12+,15-13+;;. The lowest BCUT2D eigenvalue weighted by Gasteiger charge is -2.16. The highest BCUT2D eigenvalue weighted by molar-refractivity contribution is 5.76. The third kappa shape index (κ3) is 7.21. The van der Waals surface area contributed by atoms with Gasteiger partial charge in [0.1, 0.15) is 0 Å². The Labute approximate surface area is 154 Å². The van der Waals surface area contributed by atoms with E-state index < -0.39 is 0 Å². The molecule has 0 aliphatic carbocycles. The van der Waals surface area contributed by atoms with Crippen molar-refractivity contribution < 1.29 is 0 Å². The molecule has 0 amide bonds. The zero-order valence-corrected chi connectivity index (χ0v) is 17.0. The maximum absolute atomic E-state index is 4.28. The van der Waals surface area contributed by atoms with Crippen LogP contribution in [-0.4, -0.2) is 28.9 Å². The van der Waals surface area contributed by atoms with Crippen molar-refractivity contribution in [2.75, 3.05) is 19.0 Å². The highest BCUT2D eigenvalue weighted by Gasteiger charge is 2.17. The molecule has 4 nitrogen and oxygen atoms in total. The second kappa shape index (κ2) is 14.9. The minimum absolute atomic E-state index is 0.698. The van der Waals surface area contributed by atoms with Crippen molar-refractivity contribution >= 4 is 17.2 Å². The quantitative estimate of drug-likeness (QED) is 0.591. The zero-order valence-electron chi connectivity index (χ0n) is 17.0. The van der Waals surface area contributed by atoms with Gasteiger partial charge in [-0.3, -0.25) is 4.57 Å². The molecule has 4 heteroatoms. The summed E-state index contributed by atoms with van der Waals surface area (Å²) >= 11 is 0. The van der Waals surface area contributed by atoms with Crippen LogP contribution in [0, 0.1) is 0 Å². The average Bonchev–Trinajstić information content (AvgIpc) is 3.09. The van der Waals surface area contributed by atoms with Crippen LogP contribution in [0.15, 0.2) is 62.3 Å². The number of aromatic nitrogens is 3. The smallest absolute Gasteiger partial charge is 0.231 e. The Morgan fingerprint density at radius 1 is 0.960 bits per heavy atom. The second-order valence-electron chi connectivity index (χ2n) is 4.44. The molecular weight excluding hydrogens is 308 g/mol. The molecule has 0 unspecified atom stereocenters. The van der Waals surface area contributed by atoms with Crippen molar-refractivity contribution in [3.05, 3.63) is 68.1 Å². The summed E-state index contributed by atoms with van der Waals surface area (Å²) in [4.78, 5) is 1.90. The molecule has 1 heterocycles. The second-order valence-corrected chi connectivity index (χ2v) is 4.44. The molecule has 0 N–H and O–H groups in total. The van der Waals surface area contributed by atoms with E-state index in [1.807, 2.05) is 82.5 Å². The summed E-state index contributed by atoms with van der Waals surface area (Å²) in [6.07, 6.45) is 12.9. The number of anilines is 1. The van der Waals surface area contributed by atoms with Crippen LogP contribution in [0.3, 0.4) is 0 Å². The summed E-state index contributed by atoms with van der Waals surface area (Å²) < 4.78 is 1.93. The van der Waals surface area contributed by atoms with E-state index in [2.05, 4.69) is 29.9 Å². The van der Waals surface area contributed by atoms with E-state index in [4.69, 9.17) is 0 Å². The van der Waals surface area contributed by atoms with Gasteiger partial charge in [-0.2, -0.15) is 0 Å². The van der Waals surface area contributed by atoms with Crippen molar-refractivity contribution in [1.82, 2.24) is 14.8 Å². The lowest BCUT2D eigenvalue weighted by Crippen LogP contribution is -2.15. The van der Waals surface area contributed by atoms with Gasteiger partial charge in [-0.15, -0.1) is 10.2 Å². The fraction of sp³-hybridized carbons (Fsp3) is 0.333. The predicted octanol–water partition coefficient (Wildman–Crippen LogP) is 5.75. The molecule has 0 aliphatic rings. The van der Waals surface area contributed by atoms with E-state index in [0.717, 1.165) is 17.2 Å². The largest absolute Gasteiger partial charge is 0.347 e. The number of nitrogens with zero attached hydrogens (tertiary/aromatic N) is 4. The normalized spacial score (nSPS) is 11.0. The Kier molecular flexibility index (Phi) is 14.7. The maximum Gasteiger partial charge on any atom is 0.231 e. The third-order valence-electron chi connectivity index (χ3n) is 2.75. The Hall–Kier alpha value is -2.62. The van der Waals surface area contributed by atoms with Crippen molar-refractivity contribution in [2.24, 2.45) is 0 Å². The van der Waals surface area contributed by atoms with Crippen LogP contribution in [-0.2, 0) is 0 Å². The molecule has 0 saturated heterocycles. The monoisotopic (exact) mass is 342 g/mol. The van der Waals surface area contributed by atoms with Crippen LogP contribution in [0.2, 0.25) is 0 Å². The van der Waals surface area contributed by atoms with Gasteiger partial charge in [0.25, 0.3) is 0 Å². The van der Waals surface area contributed by atoms with E-state index in [0.29, 0.717) is 5.82 Å². The van der Waals surface area contributed by atoms with Gasteiger partial charge in [-0.05, 0) is 19.1 Å². The molecule has 0 fully saturated rings. The van der Waals surface area contributed by atoms with Crippen molar-refractivity contribution in [2.45, 2.75) is 34.6 Å². The van der Waals surface area contributed by atoms with E-state index in [-0.39, 0.29) is 0 Å². The van der Waals surface area contributed by atoms with E-state index in [9.17, 15) is 0 Å². The number of hydrogen-bond acceptors (Lipinski definition) is 3. The predicted molar refractivity (Wildman–Crippen MR) is 115 cm³/mol. The molecule has 0 aliphatic heterocycles. The van der Waals surface area contributed by atoms with Crippen LogP contribution >= 0.6 is 0 Å². The van der Waals surface area contributed by atoms with E-state index >= 15 is 0 Å². The average molecular weight is 343 g/mol. The first kappa shape index (κ1) is 24.6. The van der Waals surface area contributed by atoms with Gasteiger partial charge in [-0.1, -0.05) is 77.8 Å². The molecule has 1 rings (SSSR count). The molecule has 1 aromatic rings. The number of rotatable bonds is 7. The summed E-state index contributed by atoms with van der Waals surface area (Å²) in [5, 5.41) is 8.52. The van der Waals surface area contributed by atoms with E-state index in [1.54, 1.807) is 18.2 Å². The van der Waals surface area contributed by atoms with Gasteiger partial charge in [-0.25, -0.2) is 0 Å². The van der Waals surface area contributed by atoms with Gasteiger partial charge >= 0.3 is 0 Å². The van der Waals surface area contributed by atoms with Crippen LogP contribution in [0.1, 0.15) is 40.4 Å². The summed E-state index contributed by atoms with van der Waals surface area (Å²) in [6.45, 7) is 21.4. The summed E-state index contributed by atoms with van der Waals surface area (Å²) in [7, 11) is 3.84. The molecule has 0 aromatic carbocycles. The lowest BCUT2D eigenvalue weighted by molar-refractivity contribution is 0.962. The fourth-order valence-corrected chi connectivity index (χ4v) is 1.78. The van der Waals surface area contributed by atoms with Crippen molar-refractivity contribution in [3.8, 4) is 0 Å². The fourth-order valence-electron chi connectivity index (χ4n) is 1.78. The first-order chi connectivity index (χ1) is 12.1. The Morgan fingerprint density at radius 2 is 1.56 bits per heavy atom. The van der Waals surface area contributed by atoms with Crippen LogP contribution < -0.4 is 4.90 Å². The molecule has 0 radical (unpaired) electrons. The Morgan fingerprint density at radius 3 is 1.96 bits per heavy atom. The Balaban J connectivity index is 0. The highest BCUT2D eigenvalue weighted by atomic mass is 15.4.